The van der Waals surface area contributed by atoms with Crippen LogP contribution < -0.4 is 0 Å². The van der Waals surface area contributed by atoms with Crippen LogP contribution in [0.4, 0.5) is 0 Å². The smallest absolute Gasteiger partial charge is 0.140 e. The van der Waals surface area contributed by atoms with Gasteiger partial charge in [-0.15, -0.1) is 0 Å². The summed E-state index contributed by atoms with van der Waals surface area (Å²) in [6.45, 7) is 0. The molecule has 0 saturated carbocycles. The molecule has 0 atom stereocenters. The summed E-state index contributed by atoms with van der Waals surface area (Å²) in [6.07, 6.45) is 0. The Hall–Kier alpha value is -6.52. The zero-order chi connectivity index (χ0) is 33.3. The molecule has 0 fully saturated rings. The molecule has 2 aromatic heterocycles. The van der Waals surface area contributed by atoms with Crippen molar-refractivity contribution in [2.45, 2.75) is 0 Å². The molecule has 4 nitrogen and oxygen atoms in total. The van der Waals surface area contributed by atoms with Crippen molar-refractivity contribution >= 4 is 54.4 Å². The van der Waals surface area contributed by atoms with Crippen molar-refractivity contribution in [3.8, 4) is 45.0 Å². The monoisotopic (exact) mass is 640 g/mol. The van der Waals surface area contributed by atoms with E-state index in [0.717, 1.165) is 44.8 Å². The highest BCUT2D eigenvalue weighted by Gasteiger charge is 2.16. The zero-order valence-corrected chi connectivity index (χ0v) is 27.8. The second-order valence-electron chi connectivity index (χ2n) is 13.2. The standard InChI is InChI=1S/C46H32N4/c1-49-42-17-9-7-15-40(42)47-45(49)31-23-19-29(20-24-31)38-27-33-28-39(35-12-4-6-14-37(35)44(33)36-13-5-3-11-34(36)38)30-21-25-32(26-22-30)46-48-41-16-8-10-18-43(41)50(46)2/h3-28H,1-2H3. The molecule has 10 rings (SSSR count). The SMILES string of the molecule is Cn1c(-c2ccc(-c3cc4cc(-c5ccc(-c6nc7ccccc7n6C)cc5)c5ccccc5c4c4ccccc34)cc2)nc2ccccc21. The van der Waals surface area contributed by atoms with Crippen molar-refractivity contribution in [3.05, 3.63) is 158 Å². The minimum Gasteiger partial charge on any atom is -0.327 e. The molecule has 0 N–H and O–H groups in total. The van der Waals surface area contributed by atoms with Gasteiger partial charge in [0.25, 0.3) is 0 Å². The van der Waals surface area contributed by atoms with Crippen LogP contribution in [0.2, 0.25) is 0 Å². The fraction of sp³-hybridized carbons (Fsp3) is 0.0435. The van der Waals surface area contributed by atoms with Crippen molar-refractivity contribution in [1.82, 2.24) is 19.1 Å². The average Bonchev–Trinajstić information content (AvgIpc) is 3.70. The number of rotatable bonds is 4. The molecule has 0 bridgehead atoms. The third-order valence-corrected chi connectivity index (χ3v) is 10.3. The van der Waals surface area contributed by atoms with E-state index >= 15 is 0 Å². The predicted octanol–water partition coefficient (Wildman–Crippen LogP) is 11.6. The number of nitrogens with zero attached hydrogens (tertiary/aromatic N) is 4. The van der Waals surface area contributed by atoms with Gasteiger partial charge in [0, 0.05) is 25.2 Å². The molecule has 0 saturated heterocycles. The summed E-state index contributed by atoms with van der Waals surface area (Å²) in [5.41, 5.74) is 11.3. The van der Waals surface area contributed by atoms with Gasteiger partial charge in [0.2, 0.25) is 0 Å². The molecule has 2 heterocycles. The molecule has 50 heavy (non-hydrogen) atoms. The molecule has 0 aliphatic heterocycles. The first-order chi connectivity index (χ1) is 24.6. The number of para-hydroxylation sites is 4. The molecule has 10 aromatic rings. The Morgan fingerprint density at radius 3 is 1.16 bits per heavy atom. The maximum absolute atomic E-state index is 4.94. The summed E-state index contributed by atoms with van der Waals surface area (Å²) >= 11 is 0. The quantitative estimate of drug-likeness (QED) is 0.179. The fourth-order valence-corrected chi connectivity index (χ4v) is 7.86. The van der Waals surface area contributed by atoms with Crippen LogP contribution >= 0.6 is 0 Å². The van der Waals surface area contributed by atoms with Crippen molar-refractivity contribution in [2.75, 3.05) is 0 Å². The third-order valence-electron chi connectivity index (χ3n) is 10.3. The number of hydrogen-bond acceptors (Lipinski definition) is 2. The third kappa shape index (κ3) is 4.32. The molecular formula is C46H32N4. The number of aryl methyl sites for hydroxylation is 2. The Morgan fingerprint density at radius 1 is 0.380 bits per heavy atom. The summed E-state index contributed by atoms with van der Waals surface area (Å²) in [7, 11) is 4.18. The van der Waals surface area contributed by atoms with Gasteiger partial charge < -0.3 is 9.13 Å². The molecule has 0 unspecified atom stereocenters. The Balaban J connectivity index is 1.12. The molecule has 0 amide bonds. The second kappa shape index (κ2) is 11.0. The largest absolute Gasteiger partial charge is 0.327 e. The van der Waals surface area contributed by atoms with Crippen molar-refractivity contribution in [3.63, 3.8) is 0 Å². The van der Waals surface area contributed by atoms with Crippen molar-refractivity contribution in [1.29, 1.82) is 0 Å². The summed E-state index contributed by atoms with van der Waals surface area (Å²) in [4.78, 5) is 9.88. The number of hydrogen-bond donors (Lipinski definition) is 0. The van der Waals surface area contributed by atoms with Gasteiger partial charge in [0.05, 0.1) is 22.1 Å². The molecule has 4 heteroatoms. The van der Waals surface area contributed by atoms with E-state index in [1.165, 1.54) is 54.6 Å². The van der Waals surface area contributed by atoms with Gasteiger partial charge in [-0.1, -0.05) is 121 Å². The molecule has 236 valence electrons. The van der Waals surface area contributed by atoms with Crippen LogP contribution in [0.15, 0.2) is 158 Å². The Morgan fingerprint density at radius 2 is 0.740 bits per heavy atom. The van der Waals surface area contributed by atoms with E-state index in [9.17, 15) is 0 Å². The van der Waals surface area contributed by atoms with Crippen molar-refractivity contribution < 1.29 is 0 Å². The number of aromatic nitrogens is 4. The normalized spacial score (nSPS) is 11.8. The number of imidazole rings is 2. The Bertz CT molecular complexity index is 2730. The van der Waals surface area contributed by atoms with E-state index in [-0.39, 0.29) is 0 Å². The van der Waals surface area contributed by atoms with E-state index in [1.807, 2.05) is 12.1 Å². The summed E-state index contributed by atoms with van der Waals surface area (Å²) in [5.74, 6) is 1.94. The topological polar surface area (TPSA) is 35.6 Å². The highest BCUT2D eigenvalue weighted by Crippen LogP contribution is 2.42. The van der Waals surface area contributed by atoms with Gasteiger partial charge in [-0.3, -0.25) is 0 Å². The molecule has 0 aliphatic carbocycles. The molecule has 0 spiro atoms. The maximum Gasteiger partial charge on any atom is 0.140 e. The van der Waals surface area contributed by atoms with E-state index in [1.54, 1.807) is 0 Å². The molecule has 0 aliphatic rings. The molecular weight excluding hydrogens is 609 g/mol. The summed E-state index contributed by atoms with van der Waals surface area (Å²) in [5, 5.41) is 7.54. The molecule has 0 radical (unpaired) electrons. The van der Waals surface area contributed by atoms with Crippen LogP contribution in [0, 0.1) is 0 Å². The van der Waals surface area contributed by atoms with Gasteiger partial charge in [-0.2, -0.15) is 0 Å². The maximum atomic E-state index is 4.94. The van der Waals surface area contributed by atoms with E-state index in [2.05, 4.69) is 169 Å². The fourth-order valence-electron chi connectivity index (χ4n) is 7.86. The van der Waals surface area contributed by atoms with Crippen LogP contribution in [0.5, 0.6) is 0 Å². The van der Waals surface area contributed by atoms with Gasteiger partial charge in [0.1, 0.15) is 11.6 Å². The first kappa shape index (κ1) is 28.5. The number of fused-ring (bicyclic) bond motifs is 7. The van der Waals surface area contributed by atoms with Crippen LogP contribution in [0.3, 0.4) is 0 Å². The lowest BCUT2D eigenvalue weighted by molar-refractivity contribution is 0.959. The van der Waals surface area contributed by atoms with Crippen LogP contribution in [-0.4, -0.2) is 19.1 Å². The average molecular weight is 641 g/mol. The van der Waals surface area contributed by atoms with Gasteiger partial charge in [0.15, 0.2) is 0 Å². The zero-order valence-electron chi connectivity index (χ0n) is 27.8. The predicted molar refractivity (Wildman–Crippen MR) is 209 cm³/mol. The molecule has 8 aromatic carbocycles. The van der Waals surface area contributed by atoms with Crippen LogP contribution in [-0.2, 0) is 14.1 Å². The highest BCUT2D eigenvalue weighted by molar-refractivity contribution is 6.25. The first-order valence-corrected chi connectivity index (χ1v) is 17.0. The number of benzene rings is 8. The minimum absolute atomic E-state index is 0.972. The van der Waals surface area contributed by atoms with Crippen molar-refractivity contribution in [2.24, 2.45) is 14.1 Å². The summed E-state index contributed by atoms with van der Waals surface area (Å²) in [6, 6.07) is 56.8. The van der Waals surface area contributed by atoms with E-state index in [0.29, 0.717) is 0 Å². The summed E-state index contributed by atoms with van der Waals surface area (Å²) < 4.78 is 4.35. The van der Waals surface area contributed by atoms with Gasteiger partial charge in [-0.05, 0) is 91.0 Å². The lowest BCUT2D eigenvalue weighted by Gasteiger charge is -2.16. The van der Waals surface area contributed by atoms with Gasteiger partial charge >= 0.3 is 0 Å². The van der Waals surface area contributed by atoms with Gasteiger partial charge in [-0.25, -0.2) is 9.97 Å². The van der Waals surface area contributed by atoms with Crippen LogP contribution in [0.25, 0.3) is 99.4 Å². The highest BCUT2D eigenvalue weighted by atomic mass is 15.1. The Kier molecular flexibility index (Phi) is 6.27. The van der Waals surface area contributed by atoms with Crippen LogP contribution in [0.1, 0.15) is 0 Å². The lowest BCUT2D eigenvalue weighted by atomic mass is 9.87. The van der Waals surface area contributed by atoms with E-state index in [4.69, 9.17) is 9.97 Å². The lowest BCUT2D eigenvalue weighted by Crippen LogP contribution is -1.93. The first-order valence-electron chi connectivity index (χ1n) is 17.0. The van der Waals surface area contributed by atoms with E-state index < -0.39 is 0 Å². The second-order valence-corrected chi connectivity index (χ2v) is 13.2. The minimum atomic E-state index is 0.972. The Labute approximate surface area is 289 Å².